The van der Waals surface area contributed by atoms with Crippen molar-refractivity contribution in [2.24, 2.45) is 0 Å². The fourth-order valence-corrected chi connectivity index (χ4v) is 3.20. The maximum Gasteiger partial charge on any atom is 0.295 e. The quantitative estimate of drug-likeness (QED) is 0.786. The summed E-state index contributed by atoms with van der Waals surface area (Å²) in [5.74, 6) is 0.993. The number of anilines is 2. The number of aromatic nitrogens is 2. The predicted octanol–water partition coefficient (Wildman–Crippen LogP) is 3.45. The molecule has 2 atom stereocenters. The molecule has 1 N–H and O–H groups in total. The summed E-state index contributed by atoms with van der Waals surface area (Å²) in [5.41, 5.74) is 2.73. The number of morpholine rings is 1. The first-order valence-corrected chi connectivity index (χ1v) is 8.62. The number of nitrogens with zero attached hydrogens (tertiary/aromatic N) is 3. The molecule has 1 fully saturated rings. The van der Waals surface area contributed by atoms with E-state index in [2.05, 4.69) is 46.2 Å². The lowest BCUT2D eigenvalue weighted by atomic mass is 10.2. The van der Waals surface area contributed by atoms with Crippen LogP contribution in [0.2, 0.25) is 0 Å². The summed E-state index contributed by atoms with van der Waals surface area (Å²) in [5, 5.41) is 3.21. The van der Waals surface area contributed by atoms with Gasteiger partial charge in [0.05, 0.1) is 12.2 Å². The lowest BCUT2D eigenvalue weighted by Crippen LogP contribution is -2.45. The number of fused-ring (bicyclic) bond motifs is 1. The monoisotopic (exact) mass is 338 g/mol. The molecule has 0 radical (unpaired) electrons. The van der Waals surface area contributed by atoms with Crippen molar-refractivity contribution in [3.8, 4) is 0 Å². The molecule has 0 saturated carbocycles. The molecule has 0 bridgehead atoms. The second-order valence-corrected chi connectivity index (χ2v) is 6.53. The number of ether oxygens (including phenoxy) is 1. The molecule has 3 heterocycles. The standard InChI is InChI=1S/C19H22N4O2/c1-13-11-23(12-14(2)24-13)18-8-7-15(9-20-18)10-21-19-22-16-5-3-4-6-17(16)25-19/h3-9,13-14H,10-12H2,1-2H3,(H,21,22)/t13-,14-/m1/s1. The molecular weight excluding hydrogens is 316 g/mol. The number of hydrogen-bond acceptors (Lipinski definition) is 6. The van der Waals surface area contributed by atoms with E-state index >= 15 is 0 Å². The van der Waals surface area contributed by atoms with Crippen LogP contribution in [0, 0.1) is 0 Å². The van der Waals surface area contributed by atoms with Crippen molar-refractivity contribution in [2.45, 2.75) is 32.6 Å². The molecule has 1 aromatic carbocycles. The first kappa shape index (κ1) is 15.9. The molecule has 2 aromatic heterocycles. The Morgan fingerprint density at radius 3 is 2.64 bits per heavy atom. The molecule has 3 aromatic rings. The van der Waals surface area contributed by atoms with Crippen LogP contribution in [-0.4, -0.2) is 35.3 Å². The van der Waals surface area contributed by atoms with Crippen molar-refractivity contribution in [3.63, 3.8) is 0 Å². The minimum Gasteiger partial charge on any atom is -0.424 e. The Morgan fingerprint density at radius 1 is 1.12 bits per heavy atom. The summed E-state index contributed by atoms with van der Waals surface area (Å²) in [6.07, 6.45) is 2.35. The van der Waals surface area contributed by atoms with Crippen LogP contribution in [0.3, 0.4) is 0 Å². The van der Waals surface area contributed by atoms with Gasteiger partial charge in [-0.1, -0.05) is 18.2 Å². The second kappa shape index (κ2) is 6.72. The highest BCUT2D eigenvalue weighted by Gasteiger charge is 2.22. The zero-order valence-electron chi connectivity index (χ0n) is 14.5. The number of para-hydroxylation sites is 2. The SMILES string of the molecule is C[C@@H]1CN(c2ccc(CNc3nc4ccccc4o3)cn2)C[C@@H](C)O1. The van der Waals surface area contributed by atoms with E-state index in [-0.39, 0.29) is 12.2 Å². The van der Waals surface area contributed by atoms with Gasteiger partial charge in [0.1, 0.15) is 11.3 Å². The number of rotatable bonds is 4. The predicted molar refractivity (Wildman–Crippen MR) is 97.8 cm³/mol. The normalized spacial score (nSPS) is 20.8. The smallest absolute Gasteiger partial charge is 0.295 e. The van der Waals surface area contributed by atoms with Crippen molar-refractivity contribution in [1.82, 2.24) is 9.97 Å². The molecule has 0 spiro atoms. The van der Waals surface area contributed by atoms with Gasteiger partial charge in [-0.05, 0) is 37.6 Å². The van der Waals surface area contributed by atoms with Gasteiger partial charge in [0.25, 0.3) is 6.01 Å². The van der Waals surface area contributed by atoms with Crippen molar-refractivity contribution in [3.05, 3.63) is 48.2 Å². The summed E-state index contributed by atoms with van der Waals surface area (Å²) in [4.78, 5) is 11.3. The van der Waals surface area contributed by atoms with Crippen LogP contribution in [-0.2, 0) is 11.3 Å². The fraction of sp³-hybridized carbons (Fsp3) is 0.368. The Labute approximate surface area is 146 Å². The van der Waals surface area contributed by atoms with Crippen LogP contribution in [0.25, 0.3) is 11.1 Å². The maximum absolute atomic E-state index is 5.78. The molecule has 0 unspecified atom stereocenters. The summed E-state index contributed by atoms with van der Waals surface area (Å²) >= 11 is 0. The molecular formula is C19H22N4O2. The highest BCUT2D eigenvalue weighted by Crippen LogP contribution is 2.20. The second-order valence-electron chi connectivity index (χ2n) is 6.53. The Hall–Kier alpha value is -2.60. The van der Waals surface area contributed by atoms with Gasteiger partial charge in [-0.3, -0.25) is 0 Å². The fourth-order valence-electron chi connectivity index (χ4n) is 3.20. The van der Waals surface area contributed by atoms with E-state index in [0.29, 0.717) is 12.6 Å². The van der Waals surface area contributed by atoms with Crippen molar-refractivity contribution >= 4 is 22.9 Å². The van der Waals surface area contributed by atoms with E-state index < -0.39 is 0 Å². The molecule has 1 aliphatic rings. The topological polar surface area (TPSA) is 63.4 Å². The van der Waals surface area contributed by atoms with E-state index in [4.69, 9.17) is 9.15 Å². The third kappa shape index (κ3) is 3.58. The molecule has 1 saturated heterocycles. The Balaban J connectivity index is 1.40. The van der Waals surface area contributed by atoms with Crippen LogP contribution >= 0.6 is 0 Å². The van der Waals surface area contributed by atoms with Crippen LogP contribution in [0.5, 0.6) is 0 Å². The van der Waals surface area contributed by atoms with Gasteiger partial charge in [-0.15, -0.1) is 0 Å². The van der Waals surface area contributed by atoms with Gasteiger partial charge in [0.2, 0.25) is 0 Å². The third-order valence-electron chi connectivity index (χ3n) is 4.29. The van der Waals surface area contributed by atoms with E-state index in [1.807, 2.05) is 30.5 Å². The average Bonchev–Trinajstić information content (AvgIpc) is 3.02. The number of nitrogens with one attached hydrogen (secondary N) is 1. The molecule has 4 rings (SSSR count). The van der Waals surface area contributed by atoms with E-state index in [0.717, 1.165) is 35.6 Å². The number of pyridine rings is 1. The first-order chi connectivity index (χ1) is 12.2. The summed E-state index contributed by atoms with van der Waals surface area (Å²) in [6, 6.07) is 12.4. The Bertz CT molecular complexity index is 803. The van der Waals surface area contributed by atoms with Crippen molar-refractivity contribution < 1.29 is 9.15 Å². The third-order valence-corrected chi connectivity index (χ3v) is 4.29. The van der Waals surface area contributed by atoms with Crippen LogP contribution in [0.1, 0.15) is 19.4 Å². The molecule has 0 amide bonds. The molecule has 0 aliphatic carbocycles. The highest BCUT2D eigenvalue weighted by atomic mass is 16.5. The molecule has 25 heavy (non-hydrogen) atoms. The number of hydrogen-bond donors (Lipinski definition) is 1. The molecule has 6 nitrogen and oxygen atoms in total. The van der Waals surface area contributed by atoms with Crippen molar-refractivity contribution in [2.75, 3.05) is 23.3 Å². The van der Waals surface area contributed by atoms with Crippen molar-refractivity contribution in [1.29, 1.82) is 0 Å². The molecule has 1 aliphatic heterocycles. The van der Waals surface area contributed by atoms with Gasteiger partial charge in [-0.25, -0.2) is 4.98 Å². The maximum atomic E-state index is 5.78. The lowest BCUT2D eigenvalue weighted by Gasteiger charge is -2.36. The highest BCUT2D eigenvalue weighted by molar-refractivity contribution is 5.74. The van der Waals surface area contributed by atoms with Gasteiger partial charge >= 0.3 is 0 Å². The van der Waals surface area contributed by atoms with Gasteiger partial charge in [-0.2, -0.15) is 4.98 Å². The average molecular weight is 338 g/mol. The minimum atomic E-state index is 0.228. The van der Waals surface area contributed by atoms with Gasteiger partial charge in [0.15, 0.2) is 5.58 Å². The number of oxazole rings is 1. The van der Waals surface area contributed by atoms with Crippen LogP contribution in [0.15, 0.2) is 47.0 Å². The number of benzene rings is 1. The van der Waals surface area contributed by atoms with Gasteiger partial charge in [0, 0.05) is 25.8 Å². The summed E-state index contributed by atoms with van der Waals surface area (Å²) < 4.78 is 11.4. The lowest BCUT2D eigenvalue weighted by molar-refractivity contribution is -0.00545. The molecule has 6 heteroatoms. The van der Waals surface area contributed by atoms with Crippen LogP contribution < -0.4 is 10.2 Å². The summed E-state index contributed by atoms with van der Waals surface area (Å²) in [6.45, 7) is 6.56. The van der Waals surface area contributed by atoms with E-state index in [1.165, 1.54) is 0 Å². The first-order valence-electron chi connectivity index (χ1n) is 8.62. The Morgan fingerprint density at radius 2 is 1.92 bits per heavy atom. The zero-order valence-corrected chi connectivity index (χ0v) is 14.5. The summed E-state index contributed by atoms with van der Waals surface area (Å²) in [7, 11) is 0. The zero-order chi connectivity index (χ0) is 17.2. The largest absolute Gasteiger partial charge is 0.424 e. The van der Waals surface area contributed by atoms with E-state index in [9.17, 15) is 0 Å². The molecule has 130 valence electrons. The minimum absolute atomic E-state index is 0.228. The Kier molecular flexibility index (Phi) is 4.28. The van der Waals surface area contributed by atoms with E-state index in [1.54, 1.807) is 0 Å². The van der Waals surface area contributed by atoms with Crippen LogP contribution in [0.4, 0.5) is 11.8 Å². The van der Waals surface area contributed by atoms with Gasteiger partial charge < -0.3 is 19.4 Å².